The van der Waals surface area contributed by atoms with Crippen LogP contribution in [0.5, 0.6) is 5.75 Å². The molecule has 206 valence electrons. The summed E-state index contributed by atoms with van der Waals surface area (Å²) < 4.78 is 12.6. The van der Waals surface area contributed by atoms with Crippen LogP contribution in [0, 0.1) is 6.92 Å². The van der Waals surface area contributed by atoms with Crippen molar-refractivity contribution in [3.05, 3.63) is 119 Å². The van der Waals surface area contributed by atoms with Crippen molar-refractivity contribution in [3.8, 4) is 5.75 Å². The summed E-state index contributed by atoms with van der Waals surface area (Å²) >= 11 is 0. The number of rotatable bonds is 9. The summed E-state index contributed by atoms with van der Waals surface area (Å²) in [5, 5.41) is 0. The third-order valence-corrected chi connectivity index (χ3v) is 7.82. The number of anilines is 2. The molecule has 0 amide bonds. The van der Waals surface area contributed by atoms with Gasteiger partial charge in [-0.15, -0.1) is 0 Å². The maximum absolute atomic E-state index is 7.13. The van der Waals surface area contributed by atoms with E-state index in [1.807, 2.05) is 30.3 Å². The third kappa shape index (κ3) is 5.16. The van der Waals surface area contributed by atoms with Gasteiger partial charge in [0, 0.05) is 61.7 Å². The minimum absolute atomic E-state index is 0.628. The van der Waals surface area contributed by atoms with Crippen LogP contribution in [-0.4, -0.2) is 40.2 Å². The van der Waals surface area contributed by atoms with E-state index >= 15 is 0 Å². The Bertz CT molecular complexity index is 1470. The average molecular weight is 534 g/mol. The molecule has 5 nitrogen and oxygen atoms in total. The fraction of sp³-hybridized carbons (Fsp3) is 0.286. The van der Waals surface area contributed by atoms with Gasteiger partial charge in [-0.05, 0) is 80.4 Å². The standard InChI is InChI=1S/C35H39N3O2/c1-7-38(8-2)29-18-16-28(17-19-29)35(24-26-14-20-30(39-6)21-15-26)31-22-25(3)33(37(4)5)23-32(31)36-34(40-35)27-12-10-9-11-13-27/h9-23H,7-8,24H2,1-6H3. The van der Waals surface area contributed by atoms with Gasteiger partial charge in [0.1, 0.15) is 5.75 Å². The number of nitrogens with zero attached hydrogens (tertiary/aromatic N) is 3. The van der Waals surface area contributed by atoms with Gasteiger partial charge in [-0.25, -0.2) is 4.99 Å². The minimum Gasteiger partial charge on any atom is -0.497 e. The second-order valence-electron chi connectivity index (χ2n) is 10.5. The first-order valence-electron chi connectivity index (χ1n) is 14.0. The first-order valence-corrected chi connectivity index (χ1v) is 14.0. The second kappa shape index (κ2) is 11.5. The predicted octanol–water partition coefficient (Wildman–Crippen LogP) is 7.51. The molecule has 1 aliphatic rings. The Balaban J connectivity index is 1.75. The minimum atomic E-state index is -0.783. The number of aliphatic imine (C=N–C) groups is 1. The second-order valence-corrected chi connectivity index (χ2v) is 10.5. The normalized spacial score (nSPS) is 16.0. The predicted molar refractivity (Wildman–Crippen MR) is 167 cm³/mol. The summed E-state index contributed by atoms with van der Waals surface area (Å²) in [6.45, 7) is 8.47. The smallest absolute Gasteiger partial charge is 0.222 e. The number of aryl methyl sites for hydroxylation is 1. The van der Waals surface area contributed by atoms with Gasteiger partial charge in [-0.3, -0.25) is 0 Å². The molecule has 0 aliphatic carbocycles. The largest absolute Gasteiger partial charge is 0.497 e. The van der Waals surface area contributed by atoms with Crippen molar-refractivity contribution >= 4 is 23.0 Å². The zero-order valence-corrected chi connectivity index (χ0v) is 24.4. The lowest BCUT2D eigenvalue weighted by Gasteiger charge is -2.40. The topological polar surface area (TPSA) is 37.3 Å². The molecule has 1 unspecified atom stereocenters. The Morgan fingerprint density at radius 3 is 2.12 bits per heavy atom. The zero-order chi connectivity index (χ0) is 28.3. The molecule has 5 rings (SSSR count). The molecule has 5 heteroatoms. The molecule has 0 aromatic heterocycles. The van der Waals surface area contributed by atoms with Gasteiger partial charge >= 0.3 is 0 Å². The summed E-state index contributed by atoms with van der Waals surface area (Å²) in [5.41, 5.74) is 7.97. The monoisotopic (exact) mass is 533 g/mol. The SMILES string of the molecule is CCN(CC)c1ccc(C2(Cc3ccc(OC)cc3)OC(c3ccccc3)=Nc3cc(N(C)C)c(C)cc32)cc1. The average Bonchev–Trinajstić information content (AvgIpc) is 2.98. The Morgan fingerprint density at radius 1 is 0.850 bits per heavy atom. The van der Waals surface area contributed by atoms with Crippen LogP contribution in [0.1, 0.15) is 41.7 Å². The number of benzene rings is 4. The van der Waals surface area contributed by atoms with E-state index in [9.17, 15) is 0 Å². The molecule has 0 radical (unpaired) electrons. The van der Waals surface area contributed by atoms with Gasteiger partial charge in [0.15, 0.2) is 5.60 Å². The van der Waals surface area contributed by atoms with E-state index in [-0.39, 0.29) is 0 Å². The highest BCUT2D eigenvalue weighted by atomic mass is 16.5. The summed E-state index contributed by atoms with van der Waals surface area (Å²) in [6.07, 6.45) is 0.640. The van der Waals surface area contributed by atoms with Gasteiger partial charge in [-0.2, -0.15) is 0 Å². The van der Waals surface area contributed by atoms with Crippen molar-refractivity contribution in [2.24, 2.45) is 4.99 Å². The molecule has 0 saturated carbocycles. The van der Waals surface area contributed by atoms with Gasteiger partial charge in [0.05, 0.1) is 12.8 Å². The van der Waals surface area contributed by atoms with Crippen LogP contribution in [0.3, 0.4) is 0 Å². The lowest BCUT2D eigenvalue weighted by Crippen LogP contribution is -2.39. The first kappa shape index (κ1) is 27.3. The quantitative estimate of drug-likeness (QED) is 0.223. The van der Waals surface area contributed by atoms with Crippen molar-refractivity contribution in [2.45, 2.75) is 32.8 Å². The third-order valence-electron chi connectivity index (χ3n) is 7.82. The van der Waals surface area contributed by atoms with E-state index in [0.29, 0.717) is 12.3 Å². The molecule has 0 bridgehead atoms. The number of ether oxygens (including phenoxy) is 2. The molecule has 0 fully saturated rings. The van der Waals surface area contributed by atoms with E-state index < -0.39 is 5.60 Å². The van der Waals surface area contributed by atoms with Crippen LogP contribution in [0.4, 0.5) is 17.1 Å². The molecule has 1 aliphatic heterocycles. The van der Waals surface area contributed by atoms with Crippen molar-refractivity contribution in [1.82, 2.24) is 0 Å². The van der Waals surface area contributed by atoms with Crippen molar-refractivity contribution in [3.63, 3.8) is 0 Å². The lowest BCUT2D eigenvalue weighted by atomic mass is 9.78. The Labute approximate surface area is 238 Å². The molecule has 0 N–H and O–H groups in total. The van der Waals surface area contributed by atoms with E-state index in [1.54, 1.807) is 7.11 Å². The van der Waals surface area contributed by atoms with E-state index in [0.717, 1.165) is 52.5 Å². The Kier molecular flexibility index (Phi) is 7.83. The van der Waals surface area contributed by atoms with Gasteiger partial charge in [-0.1, -0.05) is 42.5 Å². The molecule has 0 saturated heterocycles. The van der Waals surface area contributed by atoms with Gasteiger partial charge in [0.2, 0.25) is 5.90 Å². The fourth-order valence-electron chi connectivity index (χ4n) is 5.65. The summed E-state index contributed by atoms with van der Waals surface area (Å²) in [4.78, 5) is 9.61. The first-order chi connectivity index (χ1) is 19.4. The van der Waals surface area contributed by atoms with Gasteiger partial charge in [0.25, 0.3) is 0 Å². The van der Waals surface area contributed by atoms with Crippen molar-refractivity contribution in [1.29, 1.82) is 0 Å². The van der Waals surface area contributed by atoms with Crippen LogP contribution < -0.4 is 14.5 Å². The molecular formula is C35H39N3O2. The highest BCUT2D eigenvalue weighted by Gasteiger charge is 2.43. The zero-order valence-electron chi connectivity index (χ0n) is 24.4. The molecule has 40 heavy (non-hydrogen) atoms. The number of hydrogen-bond donors (Lipinski definition) is 0. The summed E-state index contributed by atoms with van der Waals surface area (Å²) in [6, 6.07) is 31.8. The highest BCUT2D eigenvalue weighted by molar-refractivity contribution is 5.98. The van der Waals surface area contributed by atoms with E-state index in [4.69, 9.17) is 14.5 Å². The molecule has 4 aromatic carbocycles. The molecule has 4 aromatic rings. The lowest BCUT2D eigenvalue weighted by molar-refractivity contribution is 0.0936. The number of fused-ring (bicyclic) bond motifs is 1. The maximum atomic E-state index is 7.13. The van der Waals surface area contributed by atoms with Crippen LogP contribution in [0.25, 0.3) is 0 Å². The summed E-state index contributed by atoms with van der Waals surface area (Å²) in [5.74, 6) is 1.47. The Morgan fingerprint density at radius 2 is 1.52 bits per heavy atom. The van der Waals surface area contributed by atoms with Crippen LogP contribution in [0.15, 0.2) is 96.0 Å². The molecule has 0 spiro atoms. The van der Waals surface area contributed by atoms with Crippen molar-refractivity contribution < 1.29 is 9.47 Å². The fourth-order valence-corrected chi connectivity index (χ4v) is 5.65. The summed E-state index contributed by atoms with van der Waals surface area (Å²) in [7, 11) is 5.85. The van der Waals surface area contributed by atoms with Crippen LogP contribution in [-0.2, 0) is 16.8 Å². The maximum Gasteiger partial charge on any atom is 0.222 e. The van der Waals surface area contributed by atoms with Crippen LogP contribution in [0.2, 0.25) is 0 Å². The molecule has 1 atom stereocenters. The van der Waals surface area contributed by atoms with Gasteiger partial charge < -0.3 is 19.3 Å². The number of methoxy groups -OCH3 is 1. The molecular weight excluding hydrogens is 494 g/mol. The Hall–Kier alpha value is -4.25. The number of hydrogen-bond acceptors (Lipinski definition) is 5. The molecule has 1 heterocycles. The van der Waals surface area contributed by atoms with E-state index in [1.165, 1.54) is 11.3 Å². The van der Waals surface area contributed by atoms with Crippen molar-refractivity contribution in [2.75, 3.05) is 44.1 Å². The van der Waals surface area contributed by atoms with E-state index in [2.05, 4.69) is 105 Å². The van der Waals surface area contributed by atoms with Crippen LogP contribution >= 0.6 is 0 Å². The highest BCUT2D eigenvalue weighted by Crippen LogP contribution is 2.48.